The first-order valence-corrected chi connectivity index (χ1v) is 4.84. The second-order valence-corrected chi connectivity index (χ2v) is 3.90. The Balaban J connectivity index is 2.10. The van der Waals surface area contributed by atoms with Crippen LogP contribution >= 0.6 is 15.9 Å². The Hall–Kier alpha value is -0.740. The fourth-order valence-electron chi connectivity index (χ4n) is 1.41. The zero-order valence-corrected chi connectivity index (χ0v) is 8.33. The molecule has 0 aromatic heterocycles. The molecule has 3 rings (SSSR count). The summed E-state index contributed by atoms with van der Waals surface area (Å²) in [4.78, 5) is 0. The van der Waals surface area contributed by atoms with Crippen LogP contribution in [0.1, 0.15) is 11.7 Å². The highest BCUT2D eigenvalue weighted by Crippen LogP contribution is 2.43. The van der Waals surface area contributed by atoms with Crippen molar-refractivity contribution in [1.82, 2.24) is 0 Å². The molecule has 1 atom stereocenters. The molecule has 13 heavy (non-hydrogen) atoms. The van der Waals surface area contributed by atoms with Gasteiger partial charge in [-0.05, 0) is 12.1 Å². The molecule has 0 saturated carbocycles. The number of hydrogen-bond donors (Lipinski definition) is 0. The van der Waals surface area contributed by atoms with Crippen molar-refractivity contribution < 1.29 is 14.2 Å². The molecule has 0 N–H and O–H groups in total. The lowest BCUT2D eigenvalue weighted by atomic mass is 10.1. The molecule has 2 aliphatic heterocycles. The van der Waals surface area contributed by atoms with Crippen LogP contribution in [-0.4, -0.2) is 13.4 Å². The van der Waals surface area contributed by atoms with Crippen molar-refractivity contribution in [2.75, 3.05) is 13.4 Å². The Morgan fingerprint density at radius 3 is 2.62 bits per heavy atom. The predicted octanol–water partition coefficient (Wildman–Crippen LogP) is 2.25. The third-order valence-corrected chi connectivity index (χ3v) is 2.86. The number of benzene rings is 1. The third kappa shape index (κ3) is 1.21. The summed E-state index contributed by atoms with van der Waals surface area (Å²) in [5.74, 6) is 1.62. The highest BCUT2D eigenvalue weighted by atomic mass is 79.9. The summed E-state index contributed by atoms with van der Waals surface area (Å²) in [7, 11) is 0. The van der Waals surface area contributed by atoms with Crippen LogP contribution in [0.3, 0.4) is 0 Å². The normalized spacial score (nSPS) is 23.3. The minimum Gasteiger partial charge on any atom is -0.454 e. The van der Waals surface area contributed by atoms with Gasteiger partial charge in [0.2, 0.25) is 6.79 Å². The summed E-state index contributed by atoms with van der Waals surface area (Å²) in [6.45, 7) is 1.12. The molecule has 0 unspecified atom stereocenters. The number of hydrogen-bond acceptors (Lipinski definition) is 3. The summed E-state index contributed by atoms with van der Waals surface area (Å²) in [6, 6.07) is 3.91. The van der Waals surface area contributed by atoms with Gasteiger partial charge in [0.05, 0.1) is 6.61 Å². The van der Waals surface area contributed by atoms with Crippen LogP contribution in [0.4, 0.5) is 0 Å². The van der Waals surface area contributed by atoms with E-state index in [2.05, 4.69) is 15.9 Å². The monoisotopic (exact) mass is 242 g/mol. The number of halogens is 1. The lowest BCUT2D eigenvalue weighted by Crippen LogP contribution is -1.92. The first-order valence-electron chi connectivity index (χ1n) is 4.05. The summed E-state index contributed by atoms with van der Waals surface area (Å²) in [6.07, 6.45) is 0.240. The van der Waals surface area contributed by atoms with Crippen molar-refractivity contribution in [3.8, 4) is 11.5 Å². The molecule has 0 amide bonds. The van der Waals surface area contributed by atoms with E-state index in [-0.39, 0.29) is 6.10 Å². The van der Waals surface area contributed by atoms with Crippen LogP contribution in [0, 0.1) is 0 Å². The SMILES string of the molecule is Brc1cc2c(cc1[C@@H]1CO1)OCO2. The van der Waals surface area contributed by atoms with Crippen LogP contribution in [0.15, 0.2) is 16.6 Å². The van der Waals surface area contributed by atoms with Gasteiger partial charge in [0.1, 0.15) is 6.10 Å². The fourth-order valence-corrected chi connectivity index (χ4v) is 1.99. The molecule has 1 fully saturated rings. The van der Waals surface area contributed by atoms with Crippen molar-refractivity contribution in [3.63, 3.8) is 0 Å². The van der Waals surface area contributed by atoms with Crippen LogP contribution in [0.2, 0.25) is 0 Å². The van der Waals surface area contributed by atoms with E-state index in [1.807, 2.05) is 12.1 Å². The maximum absolute atomic E-state index is 5.27. The van der Waals surface area contributed by atoms with E-state index in [1.165, 1.54) is 0 Å². The summed E-state index contributed by atoms with van der Waals surface area (Å²) < 4.78 is 16.8. The smallest absolute Gasteiger partial charge is 0.231 e. The molecule has 2 aliphatic rings. The van der Waals surface area contributed by atoms with Gasteiger partial charge in [-0.15, -0.1) is 0 Å². The molecular formula is C9H7BrO3. The Bertz CT molecular complexity index is 360. The summed E-state index contributed by atoms with van der Waals surface area (Å²) in [5.41, 5.74) is 1.14. The van der Waals surface area contributed by atoms with E-state index in [4.69, 9.17) is 14.2 Å². The van der Waals surface area contributed by atoms with Gasteiger partial charge in [-0.2, -0.15) is 0 Å². The van der Waals surface area contributed by atoms with Gasteiger partial charge in [-0.1, -0.05) is 15.9 Å². The van der Waals surface area contributed by atoms with Crippen LogP contribution in [-0.2, 0) is 4.74 Å². The van der Waals surface area contributed by atoms with E-state index in [9.17, 15) is 0 Å². The fraction of sp³-hybridized carbons (Fsp3) is 0.333. The zero-order valence-electron chi connectivity index (χ0n) is 6.75. The third-order valence-electron chi connectivity index (χ3n) is 2.17. The van der Waals surface area contributed by atoms with E-state index >= 15 is 0 Å². The molecule has 0 radical (unpaired) electrons. The van der Waals surface area contributed by atoms with Crippen LogP contribution in [0.25, 0.3) is 0 Å². The topological polar surface area (TPSA) is 31.0 Å². The molecule has 0 bridgehead atoms. The largest absolute Gasteiger partial charge is 0.454 e. The highest BCUT2D eigenvalue weighted by molar-refractivity contribution is 9.10. The van der Waals surface area contributed by atoms with Gasteiger partial charge in [-0.25, -0.2) is 0 Å². The van der Waals surface area contributed by atoms with Gasteiger partial charge < -0.3 is 14.2 Å². The van der Waals surface area contributed by atoms with Crippen molar-refractivity contribution in [3.05, 3.63) is 22.2 Å². The molecule has 4 heteroatoms. The summed E-state index contributed by atoms with van der Waals surface area (Å²) >= 11 is 3.47. The second-order valence-electron chi connectivity index (χ2n) is 3.05. The van der Waals surface area contributed by atoms with Crippen LogP contribution < -0.4 is 9.47 Å². The van der Waals surface area contributed by atoms with Gasteiger partial charge in [0, 0.05) is 10.0 Å². The average molecular weight is 243 g/mol. The van der Waals surface area contributed by atoms with E-state index in [0.717, 1.165) is 28.1 Å². The molecule has 3 nitrogen and oxygen atoms in total. The minimum atomic E-state index is 0.240. The zero-order chi connectivity index (χ0) is 8.84. The van der Waals surface area contributed by atoms with Crippen molar-refractivity contribution in [1.29, 1.82) is 0 Å². The molecular weight excluding hydrogens is 236 g/mol. The van der Waals surface area contributed by atoms with Gasteiger partial charge in [0.25, 0.3) is 0 Å². The van der Waals surface area contributed by atoms with Gasteiger partial charge in [0.15, 0.2) is 11.5 Å². The molecule has 1 aromatic carbocycles. The van der Waals surface area contributed by atoms with E-state index in [1.54, 1.807) is 0 Å². The van der Waals surface area contributed by atoms with Crippen molar-refractivity contribution in [2.45, 2.75) is 6.10 Å². The summed E-state index contributed by atoms with van der Waals surface area (Å²) in [5, 5.41) is 0. The molecule has 68 valence electrons. The number of fused-ring (bicyclic) bond motifs is 1. The maximum Gasteiger partial charge on any atom is 0.231 e. The van der Waals surface area contributed by atoms with E-state index < -0.39 is 0 Å². The molecule has 2 heterocycles. The predicted molar refractivity (Wildman–Crippen MR) is 49.0 cm³/mol. The van der Waals surface area contributed by atoms with Gasteiger partial charge >= 0.3 is 0 Å². The number of ether oxygens (including phenoxy) is 3. The maximum atomic E-state index is 5.27. The van der Waals surface area contributed by atoms with Crippen molar-refractivity contribution in [2.24, 2.45) is 0 Å². The number of rotatable bonds is 1. The van der Waals surface area contributed by atoms with Crippen LogP contribution in [0.5, 0.6) is 11.5 Å². The Morgan fingerprint density at radius 2 is 1.92 bits per heavy atom. The van der Waals surface area contributed by atoms with Gasteiger partial charge in [-0.3, -0.25) is 0 Å². The minimum absolute atomic E-state index is 0.240. The van der Waals surface area contributed by atoms with E-state index in [0.29, 0.717) is 6.79 Å². The first kappa shape index (κ1) is 7.64. The average Bonchev–Trinajstić information content (AvgIpc) is 2.85. The Morgan fingerprint density at radius 1 is 1.23 bits per heavy atom. The van der Waals surface area contributed by atoms with Crippen molar-refractivity contribution >= 4 is 15.9 Å². The molecule has 0 aliphatic carbocycles. The lowest BCUT2D eigenvalue weighted by Gasteiger charge is -2.02. The molecule has 1 aromatic rings. The quantitative estimate of drug-likeness (QED) is 0.709. The lowest BCUT2D eigenvalue weighted by molar-refractivity contribution is 0.174. The number of epoxide rings is 1. The Kier molecular flexibility index (Phi) is 1.54. The molecule has 0 spiro atoms. The highest BCUT2D eigenvalue weighted by Gasteiger charge is 2.29. The Labute approximate surface area is 83.7 Å². The first-order chi connectivity index (χ1) is 6.34. The molecule has 1 saturated heterocycles. The standard InChI is InChI=1S/C9H7BrO3/c10-6-2-8-7(12-4-13-8)1-5(6)9-3-11-9/h1-2,9H,3-4H2/t9-/m0/s1. The second kappa shape index (κ2) is 2.62.